The predicted molar refractivity (Wildman–Crippen MR) is 92.9 cm³/mol. The Morgan fingerprint density at radius 1 is 1.08 bits per heavy atom. The lowest BCUT2D eigenvalue weighted by atomic mass is 9.62. The molecule has 2 amide bonds. The van der Waals surface area contributed by atoms with Crippen LogP contribution in [0, 0.1) is 17.3 Å². The summed E-state index contributed by atoms with van der Waals surface area (Å²) < 4.78 is 0. The van der Waals surface area contributed by atoms with Gasteiger partial charge in [-0.1, -0.05) is 43.2 Å². The van der Waals surface area contributed by atoms with Gasteiger partial charge < -0.3 is 0 Å². The second-order valence-corrected chi connectivity index (χ2v) is 7.93. The van der Waals surface area contributed by atoms with Gasteiger partial charge >= 0.3 is 0 Å². The number of rotatable bonds is 1. The summed E-state index contributed by atoms with van der Waals surface area (Å²) in [5.41, 5.74) is 6.60. The molecule has 0 spiro atoms. The van der Waals surface area contributed by atoms with E-state index in [9.17, 15) is 9.59 Å². The molecule has 1 N–H and O–H groups in total. The van der Waals surface area contributed by atoms with Crippen LogP contribution in [0.15, 0.2) is 41.5 Å². The third kappa shape index (κ3) is 2.36. The molecule has 1 aliphatic heterocycles. The van der Waals surface area contributed by atoms with Crippen molar-refractivity contribution in [3.8, 4) is 0 Å². The number of carbonyl (C=O) groups is 2. The number of allylic oxidation sites excluding steroid dienone is 2. The fraction of sp³-hybridized carbons (Fsp3) is 0.500. The van der Waals surface area contributed by atoms with Gasteiger partial charge in [-0.2, -0.15) is 0 Å². The Hall–Kier alpha value is -2.10. The molecule has 4 heteroatoms. The zero-order chi connectivity index (χ0) is 16.9. The summed E-state index contributed by atoms with van der Waals surface area (Å²) in [4.78, 5) is 25.7. The van der Waals surface area contributed by atoms with Gasteiger partial charge in [-0.3, -0.25) is 15.0 Å². The highest BCUT2D eigenvalue weighted by atomic mass is 16.2. The van der Waals surface area contributed by atoms with Crippen LogP contribution in [0.1, 0.15) is 46.0 Å². The smallest absolute Gasteiger partial charge is 0.249 e. The molecular formula is C20H24N2O2. The summed E-state index contributed by atoms with van der Waals surface area (Å²) in [6.07, 6.45) is 4.94. The Morgan fingerprint density at radius 3 is 2.58 bits per heavy atom. The van der Waals surface area contributed by atoms with Crippen LogP contribution in [0.5, 0.6) is 0 Å². The van der Waals surface area contributed by atoms with Gasteiger partial charge in [0.25, 0.3) is 0 Å². The molecule has 0 saturated carbocycles. The van der Waals surface area contributed by atoms with E-state index in [4.69, 9.17) is 0 Å². The molecule has 2 atom stereocenters. The highest BCUT2D eigenvalue weighted by Gasteiger charge is 2.48. The summed E-state index contributed by atoms with van der Waals surface area (Å²) in [5.74, 6) is -0.419. The first-order valence-electron chi connectivity index (χ1n) is 8.88. The van der Waals surface area contributed by atoms with Crippen molar-refractivity contribution < 1.29 is 9.59 Å². The first-order chi connectivity index (χ1) is 11.5. The van der Waals surface area contributed by atoms with Gasteiger partial charge in [-0.15, -0.1) is 0 Å². The number of nitrogens with one attached hydrogen (secondary N) is 1. The van der Waals surface area contributed by atoms with Gasteiger partial charge in [0.2, 0.25) is 11.8 Å². The van der Waals surface area contributed by atoms with Gasteiger partial charge in [0.05, 0.1) is 17.5 Å². The number of nitrogens with zero attached hydrogens (tertiary/aromatic N) is 1. The van der Waals surface area contributed by atoms with E-state index in [0.29, 0.717) is 0 Å². The van der Waals surface area contributed by atoms with Crippen molar-refractivity contribution in [3.63, 3.8) is 0 Å². The maximum atomic E-state index is 13.0. The minimum atomic E-state index is -0.216. The van der Waals surface area contributed by atoms with Crippen LogP contribution in [0.4, 0.5) is 5.69 Å². The van der Waals surface area contributed by atoms with Crippen LogP contribution in [-0.4, -0.2) is 11.8 Å². The fourth-order valence-corrected chi connectivity index (χ4v) is 4.66. The molecule has 1 saturated heterocycles. The van der Waals surface area contributed by atoms with E-state index >= 15 is 0 Å². The largest absolute Gasteiger partial charge is 0.273 e. The number of benzene rings is 1. The van der Waals surface area contributed by atoms with E-state index in [1.54, 1.807) is 0 Å². The lowest BCUT2D eigenvalue weighted by Gasteiger charge is -2.46. The molecule has 3 aliphatic rings. The molecule has 1 aromatic carbocycles. The predicted octanol–water partition coefficient (Wildman–Crippen LogP) is 3.60. The third-order valence-corrected chi connectivity index (χ3v) is 6.01. The van der Waals surface area contributed by atoms with E-state index in [1.807, 2.05) is 30.3 Å². The first-order valence-corrected chi connectivity index (χ1v) is 8.88. The average Bonchev–Trinajstić information content (AvgIpc) is 2.58. The molecule has 2 unspecified atom stereocenters. The number of hydrogen-bond acceptors (Lipinski definition) is 2. The Bertz CT molecular complexity index is 720. The van der Waals surface area contributed by atoms with Crippen LogP contribution >= 0.6 is 0 Å². The molecular weight excluding hydrogens is 300 g/mol. The van der Waals surface area contributed by atoms with Crippen molar-refractivity contribution in [2.45, 2.75) is 46.0 Å². The molecule has 0 bridgehead atoms. The van der Waals surface area contributed by atoms with E-state index in [2.05, 4.69) is 19.3 Å². The molecule has 1 aromatic rings. The Kier molecular flexibility index (Phi) is 3.52. The number of anilines is 1. The number of hydrogen-bond donors (Lipinski definition) is 1. The number of fused-ring (bicyclic) bond motifs is 1. The first kappa shape index (κ1) is 15.4. The minimum absolute atomic E-state index is 0.0172. The van der Waals surface area contributed by atoms with Crippen molar-refractivity contribution in [2.75, 3.05) is 5.01 Å². The average molecular weight is 324 g/mol. The highest BCUT2D eigenvalue weighted by Crippen LogP contribution is 2.50. The molecule has 4 rings (SSSR count). The monoisotopic (exact) mass is 324 g/mol. The highest BCUT2D eigenvalue weighted by molar-refractivity contribution is 6.04. The van der Waals surface area contributed by atoms with Gasteiger partial charge in [-0.25, -0.2) is 5.01 Å². The number of para-hydroxylation sites is 1. The van der Waals surface area contributed by atoms with Crippen LogP contribution in [0.25, 0.3) is 0 Å². The van der Waals surface area contributed by atoms with Crippen molar-refractivity contribution in [2.24, 2.45) is 17.3 Å². The Morgan fingerprint density at radius 2 is 1.83 bits per heavy atom. The van der Waals surface area contributed by atoms with E-state index in [-0.39, 0.29) is 29.1 Å². The van der Waals surface area contributed by atoms with Gasteiger partial charge in [0.15, 0.2) is 0 Å². The van der Waals surface area contributed by atoms with Crippen molar-refractivity contribution in [3.05, 3.63) is 41.5 Å². The number of carbonyl (C=O) groups excluding carboxylic acids is 2. The van der Waals surface area contributed by atoms with Crippen LogP contribution in [0.3, 0.4) is 0 Å². The molecule has 126 valence electrons. The summed E-state index contributed by atoms with van der Waals surface area (Å²) in [6, 6.07) is 9.38. The standard InChI is InChI=1S/C20H24N2O2/c1-20(2)10-6-7-13-11-16-15(12-17(13)20)18(23)21-22(19(16)24)14-8-4-3-5-9-14/h3-5,8-9,15-16H,6-7,10-12H2,1-2H3,(H,21,23). The summed E-state index contributed by atoms with van der Waals surface area (Å²) in [6.45, 7) is 4.56. The SMILES string of the molecule is CC1(C)CCCC2=C1CC1C(=O)NN(c3ccccc3)C(=O)C1C2. The second kappa shape index (κ2) is 5.47. The fourth-order valence-electron chi connectivity index (χ4n) is 4.66. The summed E-state index contributed by atoms with van der Waals surface area (Å²) >= 11 is 0. The van der Waals surface area contributed by atoms with Crippen LogP contribution in [-0.2, 0) is 9.59 Å². The molecule has 24 heavy (non-hydrogen) atoms. The van der Waals surface area contributed by atoms with Crippen molar-refractivity contribution in [1.29, 1.82) is 0 Å². The van der Waals surface area contributed by atoms with Gasteiger partial charge in [0.1, 0.15) is 0 Å². The number of hydrazine groups is 1. The Balaban J connectivity index is 1.67. The number of amides is 2. The summed E-state index contributed by atoms with van der Waals surface area (Å²) in [7, 11) is 0. The van der Waals surface area contributed by atoms with Crippen LogP contribution in [0.2, 0.25) is 0 Å². The quantitative estimate of drug-likeness (QED) is 0.803. The lowest BCUT2D eigenvalue weighted by molar-refractivity contribution is -0.140. The van der Waals surface area contributed by atoms with Crippen LogP contribution < -0.4 is 10.4 Å². The van der Waals surface area contributed by atoms with Crippen molar-refractivity contribution in [1.82, 2.24) is 5.43 Å². The second-order valence-electron chi connectivity index (χ2n) is 7.93. The van der Waals surface area contributed by atoms with Crippen molar-refractivity contribution >= 4 is 17.5 Å². The maximum Gasteiger partial charge on any atom is 0.249 e. The van der Waals surface area contributed by atoms with E-state index < -0.39 is 0 Å². The zero-order valence-corrected chi connectivity index (χ0v) is 14.3. The summed E-state index contributed by atoms with van der Waals surface area (Å²) in [5, 5.41) is 1.45. The molecule has 2 aliphatic carbocycles. The molecule has 0 radical (unpaired) electrons. The molecule has 4 nitrogen and oxygen atoms in total. The third-order valence-electron chi connectivity index (χ3n) is 6.01. The Labute approximate surface area is 142 Å². The zero-order valence-electron chi connectivity index (χ0n) is 14.3. The topological polar surface area (TPSA) is 49.4 Å². The lowest BCUT2D eigenvalue weighted by Crippen LogP contribution is -2.60. The maximum absolute atomic E-state index is 13.0. The normalized spacial score (nSPS) is 29.0. The molecule has 1 heterocycles. The van der Waals surface area contributed by atoms with Gasteiger partial charge in [-0.05, 0) is 49.7 Å². The van der Waals surface area contributed by atoms with E-state index in [0.717, 1.165) is 24.9 Å². The molecule has 1 fully saturated rings. The van der Waals surface area contributed by atoms with Gasteiger partial charge in [0, 0.05) is 0 Å². The van der Waals surface area contributed by atoms with E-state index in [1.165, 1.54) is 29.0 Å². The molecule has 0 aromatic heterocycles. The minimum Gasteiger partial charge on any atom is -0.273 e.